The van der Waals surface area contributed by atoms with E-state index in [-0.39, 0.29) is 5.30 Å². The van der Waals surface area contributed by atoms with Gasteiger partial charge in [0, 0.05) is 0 Å². The van der Waals surface area contributed by atoms with Crippen LogP contribution in [0.3, 0.4) is 0 Å². The minimum absolute atomic E-state index is 0.0880. The van der Waals surface area contributed by atoms with Gasteiger partial charge in [0.25, 0.3) is 0 Å². The maximum Gasteiger partial charge on any atom is 0.356 e. The molecule has 0 fully saturated rings. The zero-order chi connectivity index (χ0) is 14.2. The summed E-state index contributed by atoms with van der Waals surface area (Å²) >= 11 is 0. The van der Waals surface area contributed by atoms with E-state index in [0.29, 0.717) is 5.56 Å². The molecule has 0 bridgehead atoms. The zero-order valence-corrected chi connectivity index (χ0v) is 12.1. The van der Waals surface area contributed by atoms with Crippen molar-refractivity contribution in [3.63, 3.8) is 0 Å². The normalized spacial score (nSPS) is 11.6. The van der Waals surface area contributed by atoms with Crippen molar-refractivity contribution in [1.82, 2.24) is 0 Å². The average molecular weight is 276 g/mol. The van der Waals surface area contributed by atoms with Gasteiger partial charge in [-0.15, -0.1) is 0 Å². The average Bonchev–Trinajstić information content (AvgIpc) is 2.26. The van der Waals surface area contributed by atoms with E-state index in [1.165, 1.54) is 6.07 Å². The van der Waals surface area contributed by atoms with Gasteiger partial charge < -0.3 is 9.79 Å². The van der Waals surface area contributed by atoms with E-state index in [4.69, 9.17) is 0 Å². The lowest BCUT2D eigenvalue weighted by atomic mass is 9.94. The summed E-state index contributed by atoms with van der Waals surface area (Å²) in [6.45, 7) is 5.94. The number of hydrogen-bond donors (Lipinski definition) is 2. The van der Waals surface area contributed by atoms with E-state index in [1.54, 1.807) is 18.2 Å². The Morgan fingerprint density at radius 1 is 0.947 bits per heavy atom. The third-order valence-corrected chi connectivity index (χ3v) is 4.18. The van der Waals surface area contributed by atoms with Crippen LogP contribution in [-0.4, -0.2) is 9.79 Å². The molecule has 0 saturated carbocycles. The van der Waals surface area contributed by atoms with Crippen molar-refractivity contribution < 1.29 is 14.4 Å². The van der Waals surface area contributed by atoms with Crippen LogP contribution in [-0.2, 0) is 4.57 Å². The molecule has 0 aliphatic carbocycles. The van der Waals surface area contributed by atoms with Crippen molar-refractivity contribution >= 4 is 12.9 Å². The minimum Gasteiger partial charge on any atom is -0.321 e. The van der Waals surface area contributed by atoms with Crippen LogP contribution < -0.4 is 5.30 Å². The maximum absolute atomic E-state index is 11.6. The van der Waals surface area contributed by atoms with E-state index < -0.39 is 7.60 Å². The molecule has 0 heterocycles. The molecule has 2 aromatic rings. The quantitative estimate of drug-likeness (QED) is 0.829. The van der Waals surface area contributed by atoms with Gasteiger partial charge in [0.05, 0.1) is 5.30 Å². The molecule has 0 spiro atoms. The molecule has 0 aliphatic rings. The highest BCUT2D eigenvalue weighted by molar-refractivity contribution is 7.60. The lowest BCUT2D eigenvalue weighted by Crippen LogP contribution is -2.09. The number of aryl methyl sites for hydroxylation is 3. The Morgan fingerprint density at radius 3 is 2.00 bits per heavy atom. The topological polar surface area (TPSA) is 57.5 Å². The SMILES string of the molecule is Cc1cc(C)c(-c2ccccc2P(=O)(O)O)c(C)c1. The first-order valence-corrected chi connectivity index (χ1v) is 7.65. The molecule has 19 heavy (non-hydrogen) atoms. The Bertz CT molecular complexity index is 648. The Hall–Kier alpha value is -1.41. The number of hydrogen-bond acceptors (Lipinski definition) is 1. The molecule has 0 amide bonds. The van der Waals surface area contributed by atoms with Gasteiger partial charge in [-0.25, -0.2) is 0 Å². The van der Waals surface area contributed by atoms with Crippen LogP contribution in [0, 0.1) is 20.8 Å². The lowest BCUT2D eigenvalue weighted by molar-refractivity contribution is 0.387. The van der Waals surface area contributed by atoms with E-state index >= 15 is 0 Å². The number of benzene rings is 2. The molecular weight excluding hydrogens is 259 g/mol. The Kier molecular flexibility index (Phi) is 3.64. The van der Waals surface area contributed by atoms with Crippen LogP contribution in [0.2, 0.25) is 0 Å². The first kappa shape index (κ1) is 14.0. The van der Waals surface area contributed by atoms with Crippen LogP contribution >= 0.6 is 7.60 Å². The van der Waals surface area contributed by atoms with E-state index in [1.807, 2.05) is 32.9 Å². The largest absolute Gasteiger partial charge is 0.356 e. The summed E-state index contributed by atoms with van der Waals surface area (Å²) in [5, 5.41) is 0.0880. The molecule has 4 heteroatoms. The molecule has 2 rings (SSSR count). The first-order valence-electron chi connectivity index (χ1n) is 6.04. The molecule has 2 aromatic carbocycles. The Morgan fingerprint density at radius 2 is 1.47 bits per heavy atom. The van der Waals surface area contributed by atoms with Gasteiger partial charge in [0.2, 0.25) is 0 Å². The van der Waals surface area contributed by atoms with E-state index in [2.05, 4.69) is 0 Å². The van der Waals surface area contributed by atoms with Gasteiger partial charge in [0.15, 0.2) is 0 Å². The van der Waals surface area contributed by atoms with Crippen LogP contribution in [0.1, 0.15) is 16.7 Å². The predicted molar refractivity (Wildman–Crippen MR) is 77.8 cm³/mol. The van der Waals surface area contributed by atoms with E-state index in [9.17, 15) is 14.4 Å². The van der Waals surface area contributed by atoms with Gasteiger partial charge in [-0.2, -0.15) is 0 Å². The molecule has 2 N–H and O–H groups in total. The Labute approximate surface area is 113 Å². The summed E-state index contributed by atoms with van der Waals surface area (Å²) in [5.41, 5.74) is 4.72. The fourth-order valence-corrected chi connectivity index (χ4v) is 3.32. The van der Waals surface area contributed by atoms with Crippen molar-refractivity contribution in [2.75, 3.05) is 0 Å². The summed E-state index contributed by atoms with van der Waals surface area (Å²) in [6, 6.07) is 10.8. The molecule has 100 valence electrons. The van der Waals surface area contributed by atoms with Gasteiger partial charge in [-0.05, 0) is 49.1 Å². The monoisotopic (exact) mass is 276 g/mol. The molecule has 0 aliphatic heterocycles. The second-order valence-corrected chi connectivity index (χ2v) is 6.40. The number of rotatable bonds is 2. The molecular formula is C15H17O3P. The lowest BCUT2D eigenvalue weighted by Gasteiger charge is -2.16. The highest BCUT2D eigenvalue weighted by Gasteiger charge is 2.23. The molecule has 0 saturated heterocycles. The molecule has 0 atom stereocenters. The molecule has 0 radical (unpaired) electrons. The second kappa shape index (κ2) is 4.93. The summed E-state index contributed by atoms with van der Waals surface area (Å²) in [7, 11) is -4.27. The van der Waals surface area contributed by atoms with Crippen molar-refractivity contribution in [3.8, 4) is 11.1 Å². The summed E-state index contributed by atoms with van der Waals surface area (Å²) in [6.07, 6.45) is 0. The summed E-state index contributed by atoms with van der Waals surface area (Å²) in [5.74, 6) is 0. The van der Waals surface area contributed by atoms with Crippen molar-refractivity contribution in [1.29, 1.82) is 0 Å². The van der Waals surface area contributed by atoms with E-state index in [0.717, 1.165) is 22.3 Å². The van der Waals surface area contributed by atoms with Crippen LogP contribution in [0.15, 0.2) is 36.4 Å². The third kappa shape index (κ3) is 2.79. The van der Waals surface area contributed by atoms with Gasteiger partial charge in [-0.1, -0.05) is 35.9 Å². The highest BCUT2D eigenvalue weighted by atomic mass is 31.2. The fraction of sp³-hybridized carbons (Fsp3) is 0.200. The highest BCUT2D eigenvalue weighted by Crippen LogP contribution is 2.39. The predicted octanol–water partition coefficient (Wildman–Crippen LogP) is 3.08. The smallest absolute Gasteiger partial charge is 0.321 e. The van der Waals surface area contributed by atoms with Crippen molar-refractivity contribution in [2.45, 2.75) is 20.8 Å². The summed E-state index contributed by atoms with van der Waals surface area (Å²) in [4.78, 5) is 19.0. The summed E-state index contributed by atoms with van der Waals surface area (Å²) < 4.78 is 11.6. The Balaban J connectivity index is 2.77. The van der Waals surface area contributed by atoms with Crippen LogP contribution in [0.25, 0.3) is 11.1 Å². The zero-order valence-electron chi connectivity index (χ0n) is 11.2. The van der Waals surface area contributed by atoms with Crippen LogP contribution in [0.4, 0.5) is 0 Å². The second-order valence-electron chi connectivity index (χ2n) is 4.83. The van der Waals surface area contributed by atoms with Crippen molar-refractivity contribution in [2.24, 2.45) is 0 Å². The first-order chi connectivity index (χ1) is 8.80. The van der Waals surface area contributed by atoms with Gasteiger partial charge in [-0.3, -0.25) is 4.57 Å². The van der Waals surface area contributed by atoms with Gasteiger partial charge >= 0.3 is 7.60 Å². The van der Waals surface area contributed by atoms with Crippen LogP contribution in [0.5, 0.6) is 0 Å². The standard InChI is InChI=1S/C15H17O3P/c1-10-8-11(2)15(12(3)9-10)13-6-4-5-7-14(13)19(16,17)18/h4-9H,1-3H3,(H2,16,17,18). The maximum atomic E-state index is 11.6. The molecule has 3 nitrogen and oxygen atoms in total. The molecule has 0 unspecified atom stereocenters. The van der Waals surface area contributed by atoms with Gasteiger partial charge in [0.1, 0.15) is 0 Å². The third-order valence-electron chi connectivity index (χ3n) is 3.16. The fourth-order valence-electron chi connectivity index (χ4n) is 2.54. The molecule has 0 aromatic heterocycles. The minimum atomic E-state index is -4.27. The van der Waals surface area contributed by atoms with Crippen molar-refractivity contribution in [3.05, 3.63) is 53.1 Å².